The fourth-order valence-electron chi connectivity index (χ4n) is 4.18. The Balaban J connectivity index is 1.31. The summed E-state index contributed by atoms with van der Waals surface area (Å²) >= 11 is -0.252. The van der Waals surface area contributed by atoms with Gasteiger partial charge in [0, 0.05) is 34.3 Å². The zero-order valence-corrected chi connectivity index (χ0v) is 23.3. The number of hydrogen-bond acceptors (Lipinski definition) is 9. The van der Waals surface area contributed by atoms with E-state index in [1.165, 1.54) is 24.7 Å². The van der Waals surface area contributed by atoms with Gasteiger partial charge in [-0.3, -0.25) is 4.79 Å². The number of pyridine rings is 1. The van der Waals surface area contributed by atoms with E-state index in [0.717, 1.165) is 22.5 Å². The van der Waals surface area contributed by atoms with E-state index in [4.69, 9.17) is 0 Å². The van der Waals surface area contributed by atoms with Crippen LogP contribution in [-0.2, 0) is 11.2 Å². The standard InChI is InChI=1S/C28H21FN8O2S2/c1-15-5-10-18(35-27(38)23-24(40-28(37-23)41(2)39)16-6-8-17(29)9-7-16)12-20(15)36-25-19(4-3-11-30-25)21-22-26(33-13-31-21)34-14-32-22/h3-14H,1-2H3,(H,30,36)(H,35,38)(H,31,32,33,34). The lowest BCUT2D eigenvalue weighted by Gasteiger charge is -2.14. The average molecular weight is 585 g/mol. The van der Waals surface area contributed by atoms with Gasteiger partial charge in [-0.1, -0.05) is 29.5 Å². The van der Waals surface area contributed by atoms with E-state index in [-0.39, 0.29) is 5.69 Å². The maximum atomic E-state index is 13.5. The highest BCUT2D eigenvalue weighted by Gasteiger charge is 2.24. The Bertz CT molecular complexity index is 1890. The third-order valence-corrected chi connectivity index (χ3v) is 8.64. The topological polar surface area (TPSA) is 144 Å². The van der Waals surface area contributed by atoms with Crippen molar-refractivity contribution in [3.05, 3.63) is 90.5 Å². The molecule has 0 radical (unpaired) electrons. The molecule has 204 valence electrons. The van der Waals surface area contributed by atoms with Crippen molar-refractivity contribution in [2.45, 2.75) is 11.3 Å². The Morgan fingerprint density at radius 2 is 1.90 bits per heavy atom. The van der Waals surface area contributed by atoms with Gasteiger partial charge < -0.3 is 20.2 Å². The molecular weight excluding hydrogens is 563 g/mol. The van der Waals surface area contributed by atoms with Gasteiger partial charge in [-0.2, -0.15) is 4.98 Å². The van der Waals surface area contributed by atoms with Crippen LogP contribution in [0.3, 0.4) is 0 Å². The molecule has 1 unspecified atom stereocenters. The molecule has 0 bridgehead atoms. The first-order valence-electron chi connectivity index (χ1n) is 12.3. The normalized spacial score (nSPS) is 11.9. The van der Waals surface area contributed by atoms with E-state index in [0.29, 0.717) is 48.8 Å². The maximum absolute atomic E-state index is 13.5. The van der Waals surface area contributed by atoms with Crippen LogP contribution in [0, 0.1) is 12.7 Å². The molecule has 0 saturated carbocycles. The molecule has 4 aromatic heterocycles. The number of carbonyl (C=O) groups excluding carboxylic acids is 1. The van der Waals surface area contributed by atoms with Crippen molar-refractivity contribution >= 4 is 56.8 Å². The molecule has 41 heavy (non-hydrogen) atoms. The summed E-state index contributed by atoms with van der Waals surface area (Å²) in [4.78, 5) is 38.8. The highest BCUT2D eigenvalue weighted by atomic mass is 32.2. The zero-order valence-electron chi connectivity index (χ0n) is 21.7. The van der Waals surface area contributed by atoms with Crippen LogP contribution in [0.15, 0.2) is 77.8 Å². The number of hydrogen-bond donors (Lipinski definition) is 3. The molecule has 1 atom stereocenters. The van der Waals surface area contributed by atoms with E-state index in [1.54, 1.807) is 36.8 Å². The lowest BCUT2D eigenvalue weighted by molar-refractivity contribution is 0.102. The second kappa shape index (κ2) is 11.0. The lowest BCUT2D eigenvalue weighted by atomic mass is 10.1. The summed E-state index contributed by atoms with van der Waals surface area (Å²) in [5.41, 5.74) is 5.43. The van der Waals surface area contributed by atoms with E-state index in [2.05, 4.69) is 40.5 Å². The fraction of sp³-hybridized carbons (Fsp3) is 0.0714. The van der Waals surface area contributed by atoms with Crippen molar-refractivity contribution in [1.29, 1.82) is 0 Å². The number of amides is 1. The third-order valence-electron chi connectivity index (χ3n) is 6.20. The second-order valence-electron chi connectivity index (χ2n) is 8.95. The molecule has 0 spiro atoms. The number of aromatic amines is 1. The highest BCUT2D eigenvalue weighted by Crippen LogP contribution is 2.35. The molecule has 0 aliphatic rings. The predicted octanol–water partition coefficient (Wildman–Crippen LogP) is 5.72. The van der Waals surface area contributed by atoms with Gasteiger partial charge >= 0.3 is 4.34 Å². The number of thiazole rings is 1. The third kappa shape index (κ3) is 5.37. The first-order valence-corrected chi connectivity index (χ1v) is 14.6. The monoisotopic (exact) mass is 584 g/mol. The molecule has 3 N–H and O–H groups in total. The Kier molecular flexibility index (Phi) is 7.14. The van der Waals surface area contributed by atoms with Crippen molar-refractivity contribution in [3.8, 4) is 21.7 Å². The van der Waals surface area contributed by atoms with Crippen molar-refractivity contribution in [2.75, 3.05) is 16.9 Å². The summed E-state index contributed by atoms with van der Waals surface area (Å²) in [6.07, 6.45) is 6.20. The molecule has 6 rings (SSSR count). The number of nitrogens with zero attached hydrogens (tertiary/aromatic N) is 5. The van der Waals surface area contributed by atoms with Gasteiger partial charge in [0.1, 0.15) is 35.4 Å². The van der Waals surface area contributed by atoms with E-state index in [1.807, 2.05) is 25.1 Å². The molecule has 2 aromatic carbocycles. The fourth-order valence-corrected chi connectivity index (χ4v) is 5.92. The van der Waals surface area contributed by atoms with Gasteiger partial charge in [-0.05, 0) is 54.4 Å². The molecule has 0 saturated heterocycles. The summed E-state index contributed by atoms with van der Waals surface area (Å²) in [6.45, 7) is 1.93. The Morgan fingerprint density at radius 1 is 1.07 bits per heavy atom. The number of nitrogens with one attached hydrogen (secondary N) is 3. The first-order chi connectivity index (χ1) is 19.9. The van der Waals surface area contributed by atoms with Gasteiger partial charge in [0.2, 0.25) is 0 Å². The Hall–Kier alpha value is -4.72. The van der Waals surface area contributed by atoms with Crippen molar-refractivity contribution in [2.24, 2.45) is 0 Å². The summed E-state index contributed by atoms with van der Waals surface area (Å²) in [6, 6.07) is 14.9. The number of aromatic nitrogens is 6. The minimum Gasteiger partial charge on any atom is -0.610 e. The molecule has 1 amide bonds. The first kappa shape index (κ1) is 26.5. The van der Waals surface area contributed by atoms with E-state index < -0.39 is 22.9 Å². The summed E-state index contributed by atoms with van der Waals surface area (Å²) in [5.74, 6) is -0.324. The van der Waals surface area contributed by atoms with Crippen LogP contribution in [-0.4, -0.2) is 46.6 Å². The van der Waals surface area contributed by atoms with Crippen molar-refractivity contribution < 1.29 is 13.7 Å². The van der Waals surface area contributed by atoms with Gasteiger partial charge in [0.25, 0.3) is 5.91 Å². The van der Waals surface area contributed by atoms with Gasteiger partial charge in [-0.25, -0.2) is 24.3 Å². The van der Waals surface area contributed by atoms with Gasteiger partial charge in [0.05, 0.1) is 11.2 Å². The number of halogens is 1. The molecule has 6 aromatic rings. The molecular formula is C28H21FN8O2S2. The van der Waals surface area contributed by atoms with Crippen LogP contribution in [0.4, 0.5) is 21.6 Å². The number of carbonyl (C=O) groups is 1. The van der Waals surface area contributed by atoms with Gasteiger partial charge in [-0.15, -0.1) is 0 Å². The number of benzene rings is 2. The quantitative estimate of drug-likeness (QED) is 0.202. The maximum Gasteiger partial charge on any atom is 0.302 e. The van der Waals surface area contributed by atoms with Crippen molar-refractivity contribution in [1.82, 2.24) is 29.9 Å². The van der Waals surface area contributed by atoms with Crippen LogP contribution in [0.2, 0.25) is 0 Å². The molecule has 4 heterocycles. The van der Waals surface area contributed by atoms with Gasteiger partial charge in [0.15, 0.2) is 11.3 Å². The molecule has 0 aliphatic carbocycles. The Morgan fingerprint density at radius 3 is 2.71 bits per heavy atom. The number of anilines is 3. The summed E-state index contributed by atoms with van der Waals surface area (Å²) in [5, 5.41) is 6.25. The van der Waals surface area contributed by atoms with E-state index >= 15 is 0 Å². The minimum absolute atomic E-state index is 0.112. The predicted molar refractivity (Wildman–Crippen MR) is 157 cm³/mol. The molecule has 13 heteroatoms. The smallest absolute Gasteiger partial charge is 0.302 e. The zero-order chi connectivity index (χ0) is 28.5. The highest BCUT2D eigenvalue weighted by molar-refractivity contribution is 7.92. The number of fused-ring (bicyclic) bond motifs is 1. The van der Waals surface area contributed by atoms with Crippen LogP contribution in [0.1, 0.15) is 16.1 Å². The van der Waals surface area contributed by atoms with Crippen LogP contribution in [0.5, 0.6) is 0 Å². The summed E-state index contributed by atoms with van der Waals surface area (Å²) in [7, 11) is 0. The molecule has 10 nitrogen and oxygen atoms in total. The van der Waals surface area contributed by atoms with Crippen LogP contribution >= 0.6 is 11.3 Å². The van der Waals surface area contributed by atoms with Crippen molar-refractivity contribution in [3.63, 3.8) is 0 Å². The molecule has 0 aliphatic heterocycles. The largest absolute Gasteiger partial charge is 0.610 e. The Labute approximate surface area is 240 Å². The number of aryl methyl sites for hydroxylation is 1. The number of rotatable bonds is 7. The summed E-state index contributed by atoms with van der Waals surface area (Å²) < 4.78 is 26.0. The minimum atomic E-state index is -1.39. The number of H-pyrrole nitrogens is 1. The lowest BCUT2D eigenvalue weighted by Crippen LogP contribution is -2.14. The van der Waals surface area contributed by atoms with Crippen LogP contribution in [0.25, 0.3) is 32.9 Å². The number of imidazole rings is 1. The average Bonchev–Trinajstić information content (AvgIpc) is 3.64. The van der Waals surface area contributed by atoms with Crippen LogP contribution < -0.4 is 10.6 Å². The molecule has 0 fully saturated rings. The second-order valence-corrected chi connectivity index (χ2v) is 11.5. The SMILES string of the molecule is Cc1ccc(NC(=O)c2nc([S+](C)[O-])sc2-c2ccc(F)cc2)cc1Nc1ncccc1-c1ncnc2[nH]cnc12. The van der Waals surface area contributed by atoms with E-state index in [9.17, 15) is 13.7 Å².